The predicted molar refractivity (Wildman–Crippen MR) is 57.9 cm³/mol. The molecular weight excluding hydrogens is 176 g/mol. The van der Waals surface area contributed by atoms with Crippen LogP contribution in [0, 0.1) is 5.92 Å². The van der Waals surface area contributed by atoms with Gasteiger partial charge in [-0.15, -0.1) is 0 Å². The van der Waals surface area contributed by atoms with E-state index in [0.717, 1.165) is 38.3 Å². The summed E-state index contributed by atoms with van der Waals surface area (Å²) in [5, 5.41) is 0. The highest BCUT2D eigenvalue weighted by Gasteiger charge is 2.21. The molecule has 1 unspecified atom stereocenters. The van der Waals surface area contributed by atoms with Gasteiger partial charge >= 0.3 is 0 Å². The molecule has 1 fully saturated rings. The summed E-state index contributed by atoms with van der Waals surface area (Å²) in [4.78, 5) is 13.7. The third-order valence-electron chi connectivity index (χ3n) is 3.09. The van der Waals surface area contributed by atoms with Crippen LogP contribution in [0.25, 0.3) is 0 Å². The van der Waals surface area contributed by atoms with Crippen molar-refractivity contribution in [2.75, 3.05) is 13.1 Å². The fraction of sp³-hybridized carbons (Fsp3) is 0.909. The second kappa shape index (κ2) is 5.35. The molecule has 1 aliphatic rings. The Hall–Kier alpha value is -0.570. The molecule has 82 valence electrons. The van der Waals surface area contributed by atoms with Crippen LogP contribution in [-0.4, -0.2) is 29.9 Å². The zero-order chi connectivity index (χ0) is 10.6. The molecule has 3 nitrogen and oxygen atoms in total. The summed E-state index contributed by atoms with van der Waals surface area (Å²) >= 11 is 0. The zero-order valence-corrected chi connectivity index (χ0v) is 9.33. The molecule has 0 aromatic carbocycles. The second-order valence-electron chi connectivity index (χ2n) is 4.38. The van der Waals surface area contributed by atoms with E-state index in [1.54, 1.807) is 0 Å². The van der Waals surface area contributed by atoms with Crippen molar-refractivity contribution in [3.8, 4) is 0 Å². The summed E-state index contributed by atoms with van der Waals surface area (Å²) in [5.41, 5.74) is 5.74. The van der Waals surface area contributed by atoms with Crippen molar-refractivity contribution in [1.29, 1.82) is 0 Å². The van der Waals surface area contributed by atoms with Crippen LogP contribution >= 0.6 is 0 Å². The second-order valence-corrected chi connectivity index (χ2v) is 4.38. The van der Waals surface area contributed by atoms with E-state index in [1.165, 1.54) is 6.42 Å². The Morgan fingerprint density at radius 3 is 2.86 bits per heavy atom. The summed E-state index contributed by atoms with van der Waals surface area (Å²) < 4.78 is 0. The van der Waals surface area contributed by atoms with Gasteiger partial charge in [0, 0.05) is 13.1 Å². The molecule has 14 heavy (non-hydrogen) atoms. The first-order valence-corrected chi connectivity index (χ1v) is 5.69. The molecule has 1 rings (SSSR count). The van der Waals surface area contributed by atoms with E-state index < -0.39 is 0 Å². The van der Waals surface area contributed by atoms with Gasteiger partial charge in [-0.3, -0.25) is 4.79 Å². The Kier molecular flexibility index (Phi) is 4.39. The molecule has 2 N–H and O–H groups in total. The molecule has 2 atom stereocenters. The van der Waals surface area contributed by atoms with Gasteiger partial charge in [0.05, 0.1) is 6.04 Å². The summed E-state index contributed by atoms with van der Waals surface area (Å²) in [7, 11) is 0. The van der Waals surface area contributed by atoms with Crippen LogP contribution in [0.4, 0.5) is 0 Å². The number of amides is 1. The lowest BCUT2D eigenvalue weighted by Crippen LogP contribution is -2.43. The van der Waals surface area contributed by atoms with Crippen LogP contribution < -0.4 is 5.73 Å². The number of hydrogen-bond acceptors (Lipinski definition) is 2. The minimum Gasteiger partial charge on any atom is -0.341 e. The maximum Gasteiger partial charge on any atom is 0.239 e. The smallest absolute Gasteiger partial charge is 0.239 e. The van der Waals surface area contributed by atoms with Gasteiger partial charge in [0.1, 0.15) is 0 Å². The summed E-state index contributed by atoms with van der Waals surface area (Å²) in [6.45, 7) is 6.02. The van der Waals surface area contributed by atoms with Crippen molar-refractivity contribution in [2.45, 2.75) is 45.6 Å². The first kappa shape index (κ1) is 11.5. The number of nitrogens with two attached hydrogens (primary N) is 1. The van der Waals surface area contributed by atoms with Crippen molar-refractivity contribution in [3.63, 3.8) is 0 Å². The molecule has 0 aliphatic carbocycles. The fourth-order valence-electron chi connectivity index (χ4n) is 1.89. The minimum absolute atomic E-state index is 0.140. The highest BCUT2D eigenvalue weighted by molar-refractivity contribution is 5.81. The van der Waals surface area contributed by atoms with Crippen LogP contribution in [0.1, 0.15) is 39.5 Å². The quantitative estimate of drug-likeness (QED) is 0.728. The van der Waals surface area contributed by atoms with Gasteiger partial charge in [0.25, 0.3) is 0 Å². The van der Waals surface area contributed by atoms with Crippen molar-refractivity contribution in [1.82, 2.24) is 4.90 Å². The van der Waals surface area contributed by atoms with Gasteiger partial charge in [-0.2, -0.15) is 0 Å². The highest BCUT2D eigenvalue weighted by atomic mass is 16.2. The molecule has 0 bridgehead atoms. The number of carbonyl (C=O) groups excluding carboxylic acids is 1. The Bertz CT molecular complexity index is 194. The lowest BCUT2D eigenvalue weighted by molar-refractivity contribution is -0.132. The molecule has 3 heteroatoms. The van der Waals surface area contributed by atoms with Crippen LogP contribution in [0.3, 0.4) is 0 Å². The largest absolute Gasteiger partial charge is 0.341 e. The monoisotopic (exact) mass is 198 g/mol. The Morgan fingerprint density at radius 2 is 2.21 bits per heavy atom. The Morgan fingerprint density at radius 1 is 1.50 bits per heavy atom. The van der Waals surface area contributed by atoms with Crippen molar-refractivity contribution in [2.24, 2.45) is 11.7 Å². The third kappa shape index (κ3) is 2.98. The molecule has 1 saturated heterocycles. The standard InChI is InChI=1S/C11H22N2O/c1-3-10(12)11(14)13-7-4-5-9(2)6-8-13/h9-10H,3-8,12H2,1-2H3/t9?,10-/m1/s1. The average Bonchev–Trinajstić information content (AvgIpc) is 2.40. The number of hydrogen-bond donors (Lipinski definition) is 1. The van der Waals surface area contributed by atoms with Crippen LogP contribution in [0.2, 0.25) is 0 Å². The molecule has 0 aromatic rings. The van der Waals surface area contributed by atoms with E-state index in [9.17, 15) is 4.79 Å². The maximum atomic E-state index is 11.8. The lowest BCUT2D eigenvalue weighted by Gasteiger charge is -2.23. The van der Waals surface area contributed by atoms with Crippen LogP contribution in [-0.2, 0) is 4.79 Å². The number of rotatable bonds is 2. The highest BCUT2D eigenvalue weighted by Crippen LogP contribution is 2.16. The van der Waals surface area contributed by atoms with Crippen molar-refractivity contribution in [3.05, 3.63) is 0 Å². The van der Waals surface area contributed by atoms with E-state index in [4.69, 9.17) is 5.73 Å². The maximum absolute atomic E-state index is 11.8. The third-order valence-corrected chi connectivity index (χ3v) is 3.09. The van der Waals surface area contributed by atoms with Crippen LogP contribution in [0.15, 0.2) is 0 Å². The lowest BCUT2D eigenvalue weighted by atomic mass is 10.0. The van der Waals surface area contributed by atoms with E-state index in [2.05, 4.69) is 6.92 Å². The predicted octanol–water partition coefficient (Wildman–Crippen LogP) is 1.37. The van der Waals surface area contributed by atoms with Gasteiger partial charge in [-0.05, 0) is 31.6 Å². The first-order chi connectivity index (χ1) is 6.65. The zero-order valence-electron chi connectivity index (χ0n) is 9.33. The molecule has 0 radical (unpaired) electrons. The van der Waals surface area contributed by atoms with Crippen molar-refractivity contribution < 1.29 is 4.79 Å². The summed E-state index contributed by atoms with van der Waals surface area (Å²) in [5.74, 6) is 0.896. The first-order valence-electron chi connectivity index (χ1n) is 5.69. The fourth-order valence-corrected chi connectivity index (χ4v) is 1.89. The molecule has 1 amide bonds. The van der Waals surface area contributed by atoms with Gasteiger partial charge in [-0.25, -0.2) is 0 Å². The number of nitrogens with zero attached hydrogens (tertiary/aromatic N) is 1. The van der Waals surface area contributed by atoms with Crippen LogP contribution in [0.5, 0.6) is 0 Å². The molecule has 0 saturated carbocycles. The molecule has 1 heterocycles. The van der Waals surface area contributed by atoms with Crippen molar-refractivity contribution >= 4 is 5.91 Å². The normalized spacial score (nSPS) is 25.6. The van der Waals surface area contributed by atoms with E-state index in [-0.39, 0.29) is 11.9 Å². The molecule has 0 aromatic heterocycles. The van der Waals surface area contributed by atoms with Gasteiger partial charge in [0.2, 0.25) is 5.91 Å². The molecule has 1 aliphatic heterocycles. The topological polar surface area (TPSA) is 46.3 Å². The van der Waals surface area contributed by atoms with Gasteiger partial charge in [-0.1, -0.05) is 13.8 Å². The minimum atomic E-state index is -0.289. The molecule has 0 spiro atoms. The van der Waals surface area contributed by atoms with E-state index in [0.29, 0.717) is 0 Å². The Labute approximate surface area is 86.6 Å². The Balaban J connectivity index is 2.47. The summed E-state index contributed by atoms with van der Waals surface area (Å²) in [6.07, 6.45) is 4.24. The van der Waals surface area contributed by atoms with Gasteiger partial charge in [0.15, 0.2) is 0 Å². The van der Waals surface area contributed by atoms with E-state index >= 15 is 0 Å². The summed E-state index contributed by atoms with van der Waals surface area (Å²) in [6, 6.07) is -0.289. The number of likely N-dealkylation sites (tertiary alicyclic amines) is 1. The van der Waals surface area contributed by atoms with E-state index in [1.807, 2.05) is 11.8 Å². The average molecular weight is 198 g/mol. The SMILES string of the molecule is CC[C@@H](N)C(=O)N1CCCC(C)CC1. The molecular formula is C11H22N2O. The number of carbonyl (C=O) groups is 1. The van der Waals surface area contributed by atoms with Gasteiger partial charge < -0.3 is 10.6 Å².